The third-order valence-electron chi connectivity index (χ3n) is 8.51. The number of aromatic nitrogens is 1. The van der Waals surface area contributed by atoms with E-state index in [-0.39, 0.29) is 53.4 Å². The van der Waals surface area contributed by atoms with Gasteiger partial charge in [-0.1, -0.05) is 62.8 Å². The molecular formula is C32H37F4N5O3S2. The van der Waals surface area contributed by atoms with Crippen molar-refractivity contribution in [1.82, 2.24) is 20.9 Å². The Morgan fingerprint density at radius 3 is 2.48 bits per heavy atom. The molecule has 2 aromatic carbocycles. The van der Waals surface area contributed by atoms with Crippen LogP contribution in [0.5, 0.6) is 0 Å². The van der Waals surface area contributed by atoms with Crippen LogP contribution in [0.25, 0.3) is 10.9 Å². The van der Waals surface area contributed by atoms with E-state index in [2.05, 4.69) is 20.9 Å². The highest BCUT2D eigenvalue weighted by atomic mass is 32.2. The Kier molecular flexibility index (Phi) is 11.0. The Morgan fingerprint density at radius 2 is 1.85 bits per heavy atom. The predicted molar refractivity (Wildman–Crippen MR) is 175 cm³/mol. The summed E-state index contributed by atoms with van der Waals surface area (Å²) in [5, 5.41) is 8.71. The molecule has 0 spiro atoms. The molecule has 0 saturated carbocycles. The molecule has 0 bridgehead atoms. The number of thioether (sulfide) groups is 1. The van der Waals surface area contributed by atoms with Crippen LogP contribution in [-0.4, -0.2) is 57.3 Å². The number of nitrogens with two attached hydrogens (primary N) is 1. The van der Waals surface area contributed by atoms with Gasteiger partial charge in [0.1, 0.15) is 17.4 Å². The highest BCUT2D eigenvalue weighted by Crippen LogP contribution is 2.40. The highest BCUT2D eigenvalue weighted by molar-refractivity contribution is 7.98. The van der Waals surface area contributed by atoms with Gasteiger partial charge in [0.25, 0.3) is 0 Å². The number of rotatable bonds is 12. The number of hydrogen-bond acceptors (Lipinski definition) is 5. The van der Waals surface area contributed by atoms with E-state index in [1.807, 2.05) is 13.8 Å². The van der Waals surface area contributed by atoms with Crippen molar-refractivity contribution < 1.29 is 31.9 Å². The van der Waals surface area contributed by atoms with Gasteiger partial charge in [0.2, 0.25) is 17.7 Å². The molecule has 8 nitrogen and oxygen atoms in total. The van der Waals surface area contributed by atoms with Crippen molar-refractivity contribution in [3.05, 3.63) is 70.7 Å². The normalized spacial score (nSPS) is 18.2. The number of amides is 3. The predicted octanol–water partition coefficient (Wildman–Crippen LogP) is 4.58. The van der Waals surface area contributed by atoms with Gasteiger partial charge in [-0.25, -0.2) is 4.39 Å². The van der Waals surface area contributed by atoms with Crippen LogP contribution in [0.1, 0.15) is 49.1 Å². The van der Waals surface area contributed by atoms with Crippen molar-refractivity contribution in [3.8, 4) is 0 Å². The Balaban J connectivity index is 1.70. The molecule has 0 saturated heterocycles. The van der Waals surface area contributed by atoms with Gasteiger partial charge in [-0.2, -0.15) is 24.9 Å². The van der Waals surface area contributed by atoms with E-state index in [0.717, 1.165) is 6.07 Å². The lowest BCUT2D eigenvalue weighted by Crippen LogP contribution is -2.66. The number of aryl methyl sites for hydroxylation is 1. The van der Waals surface area contributed by atoms with E-state index < -0.39 is 52.9 Å². The summed E-state index contributed by atoms with van der Waals surface area (Å²) in [4.78, 5) is 43.9. The molecule has 1 aliphatic rings. The largest absolute Gasteiger partial charge is 0.418 e. The van der Waals surface area contributed by atoms with Crippen LogP contribution in [-0.2, 0) is 39.8 Å². The van der Waals surface area contributed by atoms with Gasteiger partial charge >= 0.3 is 6.18 Å². The summed E-state index contributed by atoms with van der Waals surface area (Å²) >= 11 is 6.52. The fourth-order valence-corrected chi connectivity index (χ4v) is 6.67. The van der Waals surface area contributed by atoms with Gasteiger partial charge in [0.15, 0.2) is 0 Å². The van der Waals surface area contributed by atoms with E-state index >= 15 is 0 Å². The molecule has 3 amide bonds. The average molecular weight is 680 g/mol. The monoisotopic (exact) mass is 679 g/mol. The van der Waals surface area contributed by atoms with Gasteiger partial charge in [-0.3, -0.25) is 14.4 Å². The van der Waals surface area contributed by atoms with Crippen molar-refractivity contribution in [3.63, 3.8) is 0 Å². The zero-order valence-corrected chi connectivity index (χ0v) is 27.3. The molecule has 1 aromatic heterocycles. The molecule has 46 heavy (non-hydrogen) atoms. The van der Waals surface area contributed by atoms with Crippen molar-refractivity contribution >= 4 is 57.6 Å². The zero-order valence-electron chi connectivity index (χ0n) is 25.6. The molecule has 1 aliphatic carbocycles. The Bertz CT molecular complexity index is 1630. The third-order valence-corrected chi connectivity index (χ3v) is 9.43. The second kappa shape index (κ2) is 14.4. The molecule has 4 rings (SSSR count). The standard InChI is InChI=1S/C32H37F4N5O3S2/c1-4-17(2)26(28(37)45)40-30(44)31(13-12-23-20(15-31)19-9-7-10-21(27(19)39-23)32(34,35)36)41-29(43)24(16-46-3)38-25(42)14-18-8-5-6-11-22(18)33/h5-11,17,24,26,39H,4,12-16H2,1-3H3,(H2,37,45)(H,38,42)(H,40,44)(H,41,43)/t17-,24-,26?,31+/m0/s1. The van der Waals surface area contributed by atoms with Crippen LogP contribution in [0, 0.1) is 11.7 Å². The van der Waals surface area contributed by atoms with Gasteiger partial charge in [-0.15, -0.1) is 0 Å². The third kappa shape index (κ3) is 7.65. The SMILES string of the molecule is CC[C@H](C)C(NC(=O)[C@@]1(NC(=O)[C@H](CSC)NC(=O)Cc2ccccc2F)CCc2[nH]c3c(C(F)(F)F)cccc3c2C1)C(N)=S. The molecule has 0 fully saturated rings. The molecule has 248 valence electrons. The van der Waals surface area contributed by atoms with Crippen LogP contribution in [0.4, 0.5) is 17.6 Å². The van der Waals surface area contributed by atoms with Gasteiger partial charge in [-0.05, 0) is 48.3 Å². The Morgan fingerprint density at radius 1 is 1.13 bits per heavy atom. The number of alkyl halides is 3. The number of carbonyl (C=O) groups excluding carboxylic acids is 3. The Labute approximate surface area is 274 Å². The van der Waals surface area contributed by atoms with Crippen LogP contribution in [0.2, 0.25) is 0 Å². The first-order valence-corrected chi connectivity index (χ1v) is 16.6. The number of para-hydroxylation sites is 1. The number of nitrogens with one attached hydrogen (secondary N) is 4. The molecule has 6 N–H and O–H groups in total. The summed E-state index contributed by atoms with van der Waals surface area (Å²) in [7, 11) is 0. The number of benzene rings is 2. The van der Waals surface area contributed by atoms with Crippen molar-refractivity contribution in [1.29, 1.82) is 0 Å². The first kappa shape index (κ1) is 35.2. The molecule has 0 aliphatic heterocycles. The average Bonchev–Trinajstić information content (AvgIpc) is 3.37. The lowest BCUT2D eigenvalue weighted by atomic mass is 9.78. The van der Waals surface area contributed by atoms with Crippen LogP contribution in [0.15, 0.2) is 42.5 Å². The van der Waals surface area contributed by atoms with Gasteiger partial charge in [0, 0.05) is 23.3 Å². The topological polar surface area (TPSA) is 129 Å². The van der Waals surface area contributed by atoms with Crippen molar-refractivity contribution in [2.24, 2.45) is 11.7 Å². The fraction of sp³-hybridized carbons (Fsp3) is 0.438. The maximum Gasteiger partial charge on any atom is 0.418 e. The summed E-state index contributed by atoms with van der Waals surface area (Å²) in [6.45, 7) is 3.78. The van der Waals surface area contributed by atoms with Crippen LogP contribution < -0.4 is 21.7 Å². The first-order chi connectivity index (χ1) is 21.7. The maximum atomic E-state index is 14.2. The smallest absolute Gasteiger partial charge is 0.392 e. The number of fused-ring (bicyclic) bond motifs is 3. The van der Waals surface area contributed by atoms with E-state index in [9.17, 15) is 31.9 Å². The van der Waals surface area contributed by atoms with Crippen molar-refractivity contribution in [2.45, 2.75) is 69.8 Å². The fourth-order valence-electron chi connectivity index (χ4n) is 5.81. The van der Waals surface area contributed by atoms with E-state index in [1.165, 1.54) is 36.0 Å². The number of hydrogen-bond donors (Lipinski definition) is 5. The second-order valence-electron chi connectivity index (χ2n) is 11.6. The quantitative estimate of drug-likeness (QED) is 0.141. The summed E-state index contributed by atoms with van der Waals surface area (Å²) in [5.41, 5.74) is 4.62. The van der Waals surface area contributed by atoms with Crippen LogP contribution >= 0.6 is 24.0 Å². The number of aromatic amines is 1. The van der Waals surface area contributed by atoms with Crippen LogP contribution in [0.3, 0.4) is 0 Å². The lowest BCUT2D eigenvalue weighted by molar-refractivity contribution is -0.136. The molecule has 0 radical (unpaired) electrons. The highest BCUT2D eigenvalue weighted by Gasteiger charge is 2.46. The molecular weight excluding hydrogens is 643 g/mol. The lowest BCUT2D eigenvalue weighted by Gasteiger charge is -2.39. The second-order valence-corrected chi connectivity index (χ2v) is 13.0. The summed E-state index contributed by atoms with van der Waals surface area (Å²) in [6.07, 6.45) is -2.46. The molecule has 14 heteroatoms. The minimum atomic E-state index is -4.61. The minimum absolute atomic E-state index is 0.0471. The minimum Gasteiger partial charge on any atom is -0.392 e. The summed E-state index contributed by atoms with van der Waals surface area (Å²) < 4.78 is 55.8. The van der Waals surface area contributed by atoms with Gasteiger partial charge < -0.3 is 26.7 Å². The summed E-state index contributed by atoms with van der Waals surface area (Å²) in [5.74, 6) is -2.41. The van der Waals surface area contributed by atoms with E-state index in [0.29, 0.717) is 23.1 Å². The Hall–Kier alpha value is -3.65. The molecule has 1 heterocycles. The van der Waals surface area contributed by atoms with E-state index in [4.69, 9.17) is 18.0 Å². The number of halogens is 4. The number of carbonyl (C=O) groups is 3. The number of H-pyrrole nitrogens is 1. The summed E-state index contributed by atoms with van der Waals surface area (Å²) in [6, 6.07) is 7.84. The molecule has 1 unspecified atom stereocenters. The van der Waals surface area contributed by atoms with E-state index in [1.54, 1.807) is 18.4 Å². The molecule has 4 atom stereocenters. The molecule has 3 aromatic rings. The first-order valence-electron chi connectivity index (χ1n) is 14.8. The van der Waals surface area contributed by atoms with Gasteiger partial charge in [0.05, 0.1) is 28.5 Å². The number of thiocarbonyl (C=S) groups is 1. The zero-order chi connectivity index (χ0) is 33.8. The maximum absolute atomic E-state index is 14.2. The van der Waals surface area contributed by atoms with Crippen molar-refractivity contribution in [2.75, 3.05) is 12.0 Å².